The van der Waals surface area contributed by atoms with Crippen molar-refractivity contribution in [2.24, 2.45) is 0 Å². The maximum Gasteiger partial charge on any atom is 0.334 e. The fourth-order valence-electron chi connectivity index (χ4n) is 6.97. The lowest BCUT2D eigenvalue weighted by Crippen LogP contribution is -2.29. The smallest absolute Gasteiger partial charge is 0.334 e. The molecular weight excluding hydrogens is 544 g/mol. The highest BCUT2D eigenvalue weighted by molar-refractivity contribution is 5.90. The van der Waals surface area contributed by atoms with E-state index in [0.29, 0.717) is 18.4 Å². The molecule has 2 fully saturated rings. The number of aliphatic hydroxyl groups is 2. The SMILES string of the molecule is CCCCCCCCCCCCCC[C@H](O)[C@@H]1CC[C@H]([C@H]2CC[C@H](CCCCC[C@@H](O)CC3=C[C@H](C)OC3=O)O2)OCO1. The van der Waals surface area contributed by atoms with Crippen molar-refractivity contribution in [1.82, 2.24) is 0 Å². The third-order valence-electron chi connectivity index (χ3n) is 9.65. The Morgan fingerprint density at radius 1 is 0.767 bits per heavy atom. The van der Waals surface area contributed by atoms with Gasteiger partial charge in [0.05, 0.1) is 36.6 Å². The van der Waals surface area contributed by atoms with Crippen LogP contribution in [0.15, 0.2) is 11.6 Å². The Kier molecular flexibility index (Phi) is 18.4. The molecule has 0 saturated carbocycles. The monoisotopic (exact) mass is 608 g/mol. The molecule has 3 aliphatic heterocycles. The van der Waals surface area contributed by atoms with E-state index in [1.807, 2.05) is 13.0 Å². The summed E-state index contributed by atoms with van der Waals surface area (Å²) >= 11 is 0. The zero-order valence-electron chi connectivity index (χ0n) is 27.5. The average molecular weight is 609 g/mol. The molecule has 0 unspecified atom stereocenters. The Labute approximate surface area is 262 Å². The summed E-state index contributed by atoms with van der Waals surface area (Å²) in [5.41, 5.74) is 0.608. The third kappa shape index (κ3) is 14.8. The number of esters is 1. The molecule has 3 rings (SSSR count). The maximum atomic E-state index is 11.7. The Hall–Kier alpha value is -0.990. The molecule has 3 heterocycles. The highest BCUT2D eigenvalue weighted by atomic mass is 16.7. The van der Waals surface area contributed by atoms with E-state index in [4.69, 9.17) is 18.9 Å². The van der Waals surface area contributed by atoms with Gasteiger partial charge in [-0.25, -0.2) is 4.79 Å². The summed E-state index contributed by atoms with van der Waals surface area (Å²) in [5.74, 6) is -0.287. The van der Waals surface area contributed by atoms with Gasteiger partial charge in [-0.3, -0.25) is 0 Å². The van der Waals surface area contributed by atoms with Gasteiger partial charge >= 0.3 is 5.97 Å². The average Bonchev–Trinajstić information content (AvgIpc) is 3.49. The van der Waals surface area contributed by atoms with Crippen molar-refractivity contribution in [3.8, 4) is 0 Å². The van der Waals surface area contributed by atoms with Crippen LogP contribution in [0.1, 0.15) is 162 Å². The first-order valence-corrected chi connectivity index (χ1v) is 18.1. The fraction of sp³-hybridized carbons (Fsp3) is 0.917. The lowest BCUT2D eigenvalue weighted by molar-refractivity contribution is -0.145. The lowest BCUT2D eigenvalue weighted by Gasteiger charge is -2.22. The number of unbranched alkanes of at least 4 members (excludes halogenated alkanes) is 13. The highest BCUT2D eigenvalue weighted by Gasteiger charge is 2.35. The maximum absolute atomic E-state index is 11.7. The Morgan fingerprint density at radius 3 is 2.07 bits per heavy atom. The van der Waals surface area contributed by atoms with Crippen LogP contribution in [-0.2, 0) is 23.7 Å². The van der Waals surface area contributed by atoms with Gasteiger partial charge < -0.3 is 29.2 Å². The molecule has 0 amide bonds. The summed E-state index contributed by atoms with van der Waals surface area (Å²) < 4.78 is 23.5. The van der Waals surface area contributed by atoms with Gasteiger partial charge in [-0.05, 0) is 57.9 Å². The number of carbonyl (C=O) groups excluding carboxylic acids is 1. The molecule has 2 saturated heterocycles. The van der Waals surface area contributed by atoms with Gasteiger partial charge in [0.2, 0.25) is 0 Å². The van der Waals surface area contributed by atoms with Crippen LogP contribution in [0.5, 0.6) is 0 Å². The first-order chi connectivity index (χ1) is 21.0. The molecule has 0 radical (unpaired) electrons. The molecule has 250 valence electrons. The van der Waals surface area contributed by atoms with Crippen LogP contribution in [0.25, 0.3) is 0 Å². The largest absolute Gasteiger partial charge is 0.455 e. The van der Waals surface area contributed by atoms with Gasteiger partial charge in [-0.2, -0.15) is 0 Å². The molecule has 0 spiro atoms. The second kappa shape index (κ2) is 21.7. The summed E-state index contributed by atoms with van der Waals surface area (Å²) in [6.07, 6.45) is 26.7. The van der Waals surface area contributed by atoms with E-state index in [0.717, 1.165) is 64.2 Å². The molecule has 43 heavy (non-hydrogen) atoms. The number of cyclic esters (lactones) is 1. The highest BCUT2D eigenvalue weighted by Crippen LogP contribution is 2.31. The Bertz CT molecular complexity index is 771. The first kappa shape index (κ1) is 36.5. The van der Waals surface area contributed by atoms with Crippen molar-refractivity contribution < 1.29 is 34.0 Å². The summed E-state index contributed by atoms with van der Waals surface area (Å²) in [7, 11) is 0. The van der Waals surface area contributed by atoms with E-state index < -0.39 is 12.2 Å². The van der Waals surface area contributed by atoms with Gasteiger partial charge in [0, 0.05) is 12.0 Å². The number of ether oxygens (including phenoxy) is 4. The Morgan fingerprint density at radius 2 is 1.40 bits per heavy atom. The van der Waals surface area contributed by atoms with Crippen LogP contribution >= 0.6 is 0 Å². The molecule has 3 aliphatic rings. The second-order valence-corrected chi connectivity index (χ2v) is 13.5. The minimum Gasteiger partial charge on any atom is -0.455 e. The molecule has 0 aliphatic carbocycles. The first-order valence-electron chi connectivity index (χ1n) is 18.1. The summed E-state index contributed by atoms with van der Waals surface area (Å²) in [4.78, 5) is 11.7. The molecule has 7 atom stereocenters. The second-order valence-electron chi connectivity index (χ2n) is 13.5. The van der Waals surface area contributed by atoms with Gasteiger partial charge in [0.15, 0.2) is 0 Å². The molecule has 7 heteroatoms. The zero-order chi connectivity index (χ0) is 30.7. The number of hydrogen-bond acceptors (Lipinski definition) is 7. The van der Waals surface area contributed by atoms with Crippen LogP contribution in [-0.4, -0.2) is 65.7 Å². The molecule has 0 aromatic rings. The van der Waals surface area contributed by atoms with Gasteiger partial charge in [0.1, 0.15) is 12.9 Å². The van der Waals surface area contributed by atoms with Crippen LogP contribution in [0.3, 0.4) is 0 Å². The number of rotatable bonds is 23. The van der Waals surface area contributed by atoms with E-state index in [9.17, 15) is 15.0 Å². The van der Waals surface area contributed by atoms with Crippen molar-refractivity contribution in [2.45, 2.75) is 204 Å². The van der Waals surface area contributed by atoms with E-state index in [1.54, 1.807) is 0 Å². The van der Waals surface area contributed by atoms with Crippen molar-refractivity contribution in [3.05, 3.63) is 11.6 Å². The molecule has 0 aromatic carbocycles. The van der Waals surface area contributed by atoms with Crippen LogP contribution in [0.4, 0.5) is 0 Å². The Balaban J connectivity index is 1.17. The van der Waals surface area contributed by atoms with Gasteiger partial charge in [0.25, 0.3) is 0 Å². The fourth-order valence-corrected chi connectivity index (χ4v) is 6.97. The minimum atomic E-state index is -0.488. The number of carbonyl (C=O) groups is 1. The van der Waals surface area contributed by atoms with Gasteiger partial charge in [-0.1, -0.05) is 103 Å². The lowest BCUT2D eigenvalue weighted by atomic mass is 9.97. The normalized spacial score (nSPS) is 27.6. The van der Waals surface area contributed by atoms with Crippen molar-refractivity contribution in [1.29, 1.82) is 0 Å². The van der Waals surface area contributed by atoms with E-state index in [1.165, 1.54) is 70.6 Å². The van der Waals surface area contributed by atoms with Crippen molar-refractivity contribution in [2.75, 3.05) is 6.79 Å². The predicted molar refractivity (Wildman–Crippen MR) is 171 cm³/mol. The quantitative estimate of drug-likeness (QED) is 0.0894. The number of hydrogen-bond donors (Lipinski definition) is 2. The van der Waals surface area contributed by atoms with Crippen LogP contribution in [0, 0.1) is 0 Å². The standard InChI is InChI=1S/C36H64O7/c1-3-4-5-6-7-8-9-10-11-12-13-17-20-32(38)33-23-24-34(41-27-40-33)35-22-21-31(43-35)19-16-14-15-18-30(37)26-29-25-28(2)42-36(29)39/h25,28,30-35,37-38H,3-24,26-27H2,1-2H3/t28-,30+,31-,32-,33-,34+,35+/m0/s1. The molecular formula is C36H64O7. The molecule has 0 bridgehead atoms. The third-order valence-corrected chi connectivity index (χ3v) is 9.65. The zero-order valence-corrected chi connectivity index (χ0v) is 27.5. The van der Waals surface area contributed by atoms with Crippen molar-refractivity contribution >= 4 is 5.97 Å². The minimum absolute atomic E-state index is 0.0447. The molecule has 2 N–H and O–H groups in total. The molecule has 0 aromatic heterocycles. The summed E-state index contributed by atoms with van der Waals surface area (Å²) in [5, 5.41) is 21.1. The van der Waals surface area contributed by atoms with E-state index in [-0.39, 0.29) is 43.3 Å². The van der Waals surface area contributed by atoms with E-state index in [2.05, 4.69) is 6.92 Å². The van der Waals surface area contributed by atoms with Crippen molar-refractivity contribution in [3.63, 3.8) is 0 Å². The van der Waals surface area contributed by atoms with Crippen LogP contribution < -0.4 is 0 Å². The molecule has 7 nitrogen and oxygen atoms in total. The van der Waals surface area contributed by atoms with Gasteiger partial charge in [-0.15, -0.1) is 0 Å². The van der Waals surface area contributed by atoms with E-state index >= 15 is 0 Å². The summed E-state index contributed by atoms with van der Waals surface area (Å²) in [6.45, 7) is 4.35. The predicted octanol–water partition coefficient (Wildman–Crippen LogP) is 8.08. The van der Waals surface area contributed by atoms with Crippen LogP contribution in [0.2, 0.25) is 0 Å². The topological polar surface area (TPSA) is 94.5 Å². The summed E-state index contributed by atoms with van der Waals surface area (Å²) in [6, 6.07) is 0. The number of aliphatic hydroxyl groups excluding tert-OH is 2.